The molecule has 118 valence electrons. The molecule has 0 unspecified atom stereocenters. The van der Waals surface area contributed by atoms with Gasteiger partial charge in [0.15, 0.2) is 0 Å². The van der Waals surface area contributed by atoms with Crippen molar-refractivity contribution in [3.63, 3.8) is 0 Å². The molecular weight excluding hydrogens is 266 g/mol. The molecule has 0 bridgehead atoms. The molecule has 1 aliphatic rings. The Morgan fingerprint density at radius 1 is 1.09 bits per heavy atom. The Balaban J connectivity index is 2.65. The van der Waals surface area contributed by atoms with Crippen LogP contribution in [0.1, 0.15) is 70.9 Å². The minimum absolute atomic E-state index is 0.105. The number of hydrogen-bond donors (Lipinski definition) is 0. The molecule has 0 aromatic heterocycles. The number of rotatable bonds is 3. The lowest BCUT2D eigenvalue weighted by atomic mass is 9.90. The second-order valence-corrected chi connectivity index (χ2v) is 7.58. The van der Waals surface area contributed by atoms with Crippen LogP contribution in [0, 0.1) is 0 Å². The second kappa shape index (κ2) is 6.21. The fraction of sp³-hybridized carbons (Fsp3) is 0.524. The largest absolute Gasteiger partial charge is 0.361 e. The van der Waals surface area contributed by atoms with Gasteiger partial charge in [0.2, 0.25) is 0 Å². The summed E-state index contributed by atoms with van der Waals surface area (Å²) in [5.41, 5.74) is 11.8. The number of hydrogen-bond acceptors (Lipinski definition) is 1. The van der Waals surface area contributed by atoms with E-state index >= 15 is 0 Å². The van der Waals surface area contributed by atoms with E-state index in [-0.39, 0.29) is 5.54 Å². The summed E-state index contributed by atoms with van der Waals surface area (Å²) in [6, 6.07) is 6.78. The minimum atomic E-state index is 0.105. The van der Waals surface area contributed by atoms with Gasteiger partial charge < -0.3 is 4.90 Å². The Bertz CT molecular complexity index is 610. The van der Waals surface area contributed by atoms with Gasteiger partial charge in [-0.15, -0.1) is 0 Å². The summed E-state index contributed by atoms with van der Waals surface area (Å²) in [5.74, 6) is 1.04. The highest BCUT2D eigenvalue weighted by Gasteiger charge is 2.37. The van der Waals surface area contributed by atoms with Crippen LogP contribution in [0.5, 0.6) is 0 Å². The van der Waals surface area contributed by atoms with Gasteiger partial charge >= 0.3 is 0 Å². The van der Waals surface area contributed by atoms with E-state index in [1.165, 1.54) is 22.4 Å². The van der Waals surface area contributed by atoms with Crippen LogP contribution in [-0.4, -0.2) is 12.1 Å². The summed E-state index contributed by atoms with van der Waals surface area (Å²) in [6.45, 7) is 18.4. The average molecular weight is 295 g/mol. The van der Waals surface area contributed by atoms with E-state index in [0.29, 0.717) is 11.8 Å². The van der Waals surface area contributed by atoms with Crippen molar-refractivity contribution in [1.29, 1.82) is 0 Å². The maximum atomic E-state index is 3.69. The van der Waals surface area contributed by atoms with Crippen molar-refractivity contribution in [2.75, 3.05) is 11.4 Å². The molecule has 1 fully saturated rings. The molecular formula is C21H29N. The molecule has 2 rings (SSSR count). The number of para-hydroxylation sites is 1. The molecule has 0 saturated carbocycles. The molecule has 0 atom stereocenters. The molecule has 0 radical (unpaired) electrons. The van der Waals surface area contributed by atoms with Crippen molar-refractivity contribution >= 4 is 5.69 Å². The van der Waals surface area contributed by atoms with E-state index in [1.807, 2.05) is 0 Å². The molecule has 22 heavy (non-hydrogen) atoms. The van der Waals surface area contributed by atoms with Crippen LogP contribution in [0.2, 0.25) is 0 Å². The van der Waals surface area contributed by atoms with Crippen molar-refractivity contribution in [3.05, 3.63) is 52.9 Å². The summed E-state index contributed by atoms with van der Waals surface area (Å²) in [6.07, 6.45) is 1.03. The van der Waals surface area contributed by atoms with Gasteiger partial charge in [-0.05, 0) is 43.4 Å². The van der Waals surface area contributed by atoms with Crippen LogP contribution >= 0.6 is 0 Å². The van der Waals surface area contributed by atoms with Gasteiger partial charge in [-0.1, -0.05) is 57.4 Å². The zero-order chi connectivity index (χ0) is 16.5. The van der Waals surface area contributed by atoms with Gasteiger partial charge in [0.25, 0.3) is 0 Å². The number of anilines is 1. The predicted molar refractivity (Wildman–Crippen MR) is 96.8 cm³/mol. The van der Waals surface area contributed by atoms with Crippen molar-refractivity contribution in [2.24, 2.45) is 0 Å². The first kappa shape index (κ1) is 16.7. The molecule has 1 aromatic carbocycles. The Hall–Kier alpha value is -1.68. The fourth-order valence-electron chi connectivity index (χ4n) is 3.49. The molecule has 1 heterocycles. The lowest BCUT2D eigenvalue weighted by Gasteiger charge is -2.37. The summed E-state index contributed by atoms with van der Waals surface area (Å²) in [7, 11) is 0. The highest BCUT2D eigenvalue weighted by atomic mass is 15.2. The first-order valence-electron chi connectivity index (χ1n) is 8.31. The van der Waals surface area contributed by atoms with E-state index < -0.39 is 0 Å². The molecule has 1 aliphatic heterocycles. The average Bonchev–Trinajstić information content (AvgIpc) is 2.72. The van der Waals surface area contributed by atoms with Crippen LogP contribution in [0.4, 0.5) is 5.69 Å². The maximum absolute atomic E-state index is 3.69. The summed E-state index contributed by atoms with van der Waals surface area (Å²) in [5, 5.41) is 0. The highest BCUT2D eigenvalue weighted by molar-refractivity contribution is 5.65. The molecule has 1 saturated heterocycles. The van der Waals surface area contributed by atoms with Gasteiger partial charge in [-0.25, -0.2) is 0 Å². The topological polar surface area (TPSA) is 3.24 Å². The van der Waals surface area contributed by atoms with Crippen LogP contribution < -0.4 is 4.90 Å². The van der Waals surface area contributed by atoms with E-state index in [0.717, 1.165) is 13.0 Å². The first-order chi connectivity index (χ1) is 10.3. The Morgan fingerprint density at radius 3 is 2.09 bits per heavy atom. The van der Waals surface area contributed by atoms with E-state index in [2.05, 4.69) is 82.7 Å². The van der Waals surface area contributed by atoms with Crippen molar-refractivity contribution in [1.82, 2.24) is 0 Å². The fourth-order valence-corrected chi connectivity index (χ4v) is 3.49. The zero-order valence-corrected chi connectivity index (χ0v) is 15.0. The summed E-state index contributed by atoms with van der Waals surface area (Å²) in [4.78, 5) is 2.57. The van der Waals surface area contributed by atoms with E-state index in [1.54, 1.807) is 0 Å². The number of benzene rings is 1. The third-order valence-corrected chi connectivity index (χ3v) is 4.60. The van der Waals surface area contributed by atoms with Gasteiger partial charge in [0.05, 0.1) is 0 Å². The van der Waals surface area contributed by atoms with Crippen LogP contribution in [0.25, 0.3) is 0 Å². The summed E-state index contributed by atoms with van der Waals surface area (Å²) >= 11 is 0. The third kappa shape index (κ3) is 3.07. The standard InChI is InChI=1S/C21H29N/c1-8-10-17-13-21(6,7)22(14-17)20-18(15(2)3)11-9-12-19(20)16(4)5/h9,11-12,15-16H,1,13-14H2,2-7H3. The lowest BCUT2D eigenvalue weighted by Crippen LogP contribution is -2.39. The molecule has 0 N–H and O–H groups in total. The van der Waals surface area contributed by atoms with Crippen LogP contribution in [0.3, 0.4) is 0 Å². The number of nitrogens with zero attached hydrogens (tertiary/aromatic N) is 1. The zero-order valence-electron chi connectivity index (χ0n) is 15.0. The molecule has 0 aliphatic carbocycles. The van der Waals surface area contributed by atoms with Crippen molar-refractivity contribution < 1.29 is 0 Å². The quantitative estimate of drug-likeness (QED) is 0.638. The monoisotopic (exact) mass is 295 g/mol. The Kier molecular flexibility index (Phi) is 4.71. The first-order valence-corrected chi connectivity index (χ1v) is 8.31. The van der Waals surface area contributed by atoms with Crippen LogP contribution in [0.15, 0.2) is 41.8 Å². The van der Waals surface area contributed by atoms with Crippen LogP contribution in [-0.2, 0) is 0 Å². The van der Waals surface area contributed by atoms with E-state index in [9.17, 15) is 0 Å². The molecule has 1 aromatic rings. The Labute approximate surface area is 136 Å². The van der Waals surface area contributed by atoms with Gasteiger partial charge in [0.1, 0.15) is 0 Å². The predicted octanol–water partition coefficient (Wildman–Crippen LogP) is 5.79. The Morgan fingerprint density at radius 2 is 1.64 bits per heavy atom. The smallest absolute Gasteiger partial charge is 0.0477 e. The third-order valence-electron chi connectivity index (χ3n) is 4.60. The highest BCUT2D eigenvalue weighted by Crippen LogP contribution is 2.43. The maximum Gasteiger partial charge on any atom is 0.0477 e. The van der Waals surface area contributed by atoms with E-state index in [4.69, 9.17) is 0 Å². The molecule has 0 amide bonds. The van der Waals surface area contributed by atoms with Crippen molar-refractivity contribution in [3.8, 4) is 0 Å². The van der Waals surface area contributed by atoms with Gasteiger partial charge in [-0.3, -0.25) is 0 Å². The molecule has 1 heteroatoms. The molecule has 0 spiro atoms. The minimum Gasteiger partial charge on any atom is -0.361 e. The van der Waals surface area contributed by atoms with Gasteiger partial charge in [-0.2, -0.15) is 0 Å². The van der Waals surface area contributed by atoms with Gasteiger partial charge in [0, 0.05) is 29.8 Å². The lowest BCUT2D eigenvalue weighted by molar-refractivity contribution is 0.523. The SMILES string of the molecule is C=C=C=C1CN(c2c(C(C)C)cccc2C(C)C)C(C)(C)C1. The van der Waals surface area contributed by atoms with Crippen molar-refractivity contribution in [2.45, 2.75) is 65.3 Å². The normalized spacial score (nSPS) is 17.1. The summed E-state index contributed by atoms with van der Waals surface area (Å²) < 4.78 is 0. The second-order valence-electron chi connectivity index (χ2n) is 7.58. The molecule has 1 nitrogen and oxygen atoms in total.